The quantitative estimate of drug-likeness (QED) is 0.537. The molecule has 1 saturated carbocycles. The Bertz CT molecular complexity index is 915. The van der Waals surface area contributed by atoms with Gasteiger partial charge in [0.15, 0.2) is 6.61 Å². The van der Waals surface area contributed by atoms with Gasteiger partial charge in [-0.1, -0.05) is 26.8 Å². The minimum absolute atomic E-state index is 0.0173. The summed E-state index contributed by atoms with van der Waals surface area (Å²) in [5.74, 6) is -1.10. The molecule has 3 unspecified atom stereocenters. The van der Waals surface area contributed by atoms with Gasteiger partial charge in [-0.15, -0.1) is 11.3 Å². The Labute approximate surface area is 192 Å². The van der Waals surface area contributed by atoms with E-state index in [-0.39, 0.29) is 35.8 Å². The number of nitrogens with zero attached hydrogens (tertiary/aromatic N) is 2. The SMILES string of the molecule is CC1CC(C)(C)CC2(C1)NC(=O)N(CC(=O)OCC(=O)N1CCCC1c1cccs1)C2=O. The van der Waals surface area contributed by atoms with E-state index < -0.39 is 24.1 Å². The highest BCUT2D eigenvalue weighted by atomic mass is 32.1. The maximum absolute atomic E-state index is 13.1. The minimum Gasteiger partial charge on any atom is -0.454 e. The Morgan fingerprint density at radius 3 is 2.75 bits per heavy atom. The van der Waals surface area contributed by atoms with Gasteiger partial charge in [-0.2, -0.15) is 0 Å². The summed E-state index contributed by atoms with van der Waals surface area (Å²) in [6.45, 7) is 6.01. The van der Waals surface area contributed by atoms with Gasteiger partial charge >= 0.3 is 12.0 Å². The lowest BCUT2D eigenvalue weighted by Gasteiger charge is -2.43. The van der Waals surface area contributed by atoms with Gasteiger partial charge < -0.3 is 15.0 Å². The van der Waals surface area contributed by atoms with Gasteiger partial charge in [0.25, 0.3) is 11.8 Å². The summed E-state index contributed by atoms with van der Waals surface area (Å²) in [4.78, 5) is 54.6. The van der Waals surface area contributed by atoms with Crippen molar-refractivity contribution in [1.29, 1.82) is 0 Å². The van der Waals surface area contributed by atoms with Crippen molar-refractivity contribution in [2.45, 2.75) is 64.5 Å². The van der Waals surface area contributed by atoms with Gasteiger partial charge in [-0.25, -0.2) is 4.79 Å². The van der Waals surface area contributed by atoms with Crippen LogP contribution in [0.3, 0.4) is 0 Å². The van der Waals surface area contributed by atoms with Crippen LogP contribution in [0.15, 0.2) is 17.5 Å². The second kappa shape index (κ2) is 8.50. The number of imide groups is 1. The van der Waals surface area contributed by atoms with Crippen molar-refractivity contribution >= 4 is 35.2 Å². The maximum Gasteiger partial charge on any atom is 0.326 e. The molecule has 0 bridgehead atoms. The number of hydrogen-bond donors (Lipinski definition) is 1. The molecule has 1 aromatic heterocycles. The molecule has 4 amide bonds. The van der Waals surface area contributed by atoms with Crippen molar-refractivity contribution in [3.05, 3.63) is 22.4 Å². The van der Waals surface area contributed by atoms with Crippen molar-refractivity contribution in [3.63, 3.8) is 0 Å². The summed E-state index contributed by atoms with van der Waals surface area (Å²) in [6, 6.07) is 3.41. The van der Waals surface area contributed by atoms with Gasteiger partial charge in [0, 0.05) is 11.4 Å². The van der Waals surface area contributed by atoms with Crippen LogP contribution < -0.4 is 5.32 Å². The third-order valence-electron chi connectivity index (χ3n) is 6.71. The molecule has 0 aromatic carbocycles. The van der Waals surface area contributed by atoms with Crippen LogP contribution in [0.1, 0.15) is 63.8 Å². The highest BCUT2D eigenvalue weighted by Crippen LogP contribution is 2.46. The number of hydrogen-bond acceptors (Lipinski definition) is 6. The van der Waals surface area contributed by atoms with E-state index in [1.54, 1.807) is 16.2 Å². The summed E-state index contributed by atoms with van der Waals surface area (Å²) in [5.41, 5.74) is -1.05. The number of urea groups is 1. The van der Waals surface area contributed by atoms with Crippen LogP contribution in [-0.2, 0) is 19.1 Å². The molecule has 9 heteroatoms. The van der Waals surface area contributed by atoms with Crippen molar-refractivity contribution in [2.24, 2.45) is 11.3 Å². The van der Waals surface area contributed by atoms with Crippen LogP contribution in [0.2, 0.25) is 0 Å². The van der Waals surface area contributed by atoms with Crippen LogP contribution in [0.4, 0.5) is 4.79 Å². The molecule has 3 heterocycles. The lowest BCUT2D eigenvalue weighted by atomic mass is 9.64. The van der Waals surface area contributed by atoms with E-state index in [0.717, 1.165) is 29.0 Å². The van der Waals surface area contributed by atoms with Crippen molar-refractivity contribution in [1.82, 2.24) is 15.1 Å². The van der Waals surface area contributed by atoms with Crippen LogP contribution in [-0.4, -0.2) is 58.8 Å². The van der Waals surface area contributed by atoms with Crippen LogP contribution >= 0.6 is 11.3 Å². The Balaban J connectivity index is 1.34. The summed E-state index contributed by atoms with van der Waals surface area (Å²) in [5, 5.41) is 4.83. The Morgan fingerprint density at radius 2 is 2.06 bits per heavy atom. The number of rotatable bonds is 5. The summed E-state index contributed by atoms with van der Waals surface area (Å²) in [6.07, 6.45) is 3.87. The first-order valence-corrected chi connectivity index (χ1v) is 12.1. The summed E-state index contributed by atoms with van der Waals surface area (Å²) >= 11 is 1.61. The molecule has 3 aliphatic rings. The lowest BCUT2D eigenvalue weighted by molar-refractivity contribution is -0.154. The number of carbonyl (C=O) groups excluding carboxylic acids is 4. The first kappa shape index (κ1) is 22.8. The molecule has 2 saturated heterocycles. The van der Waals surface area contributed by atoms with E-state index >= 15 is 0 Å². The Hall–Kier alpha value is -2.42. The molecule has 0 radical (unpaired) electrons. The average molecular weight is 462 g/mol. The fourth-order valence-corrected chi connectivity index (χ4v) is 6.76. The molecule has 4 rings (SSSR count). The molecule has 1 aliphatic carbocycles. The minimum atomic E-state index is -0.960. The van der Waals surface area contributed by atoms with Crippen molar-refractivity contribution in [3.8, 4) is 0 Å². The Kier molecular flexibility index (Phi) is 6.04. The van der Waals surface area contributed by atoms with Crippen molar-refractivity contribution in [2.75, 3.05) is 19.7 Å². The zero-order valence-electron chi connectivity index (χ0n) is 18.9. The molecule has 32 heavy (non-hydrogen) atoms. The number of carbonyl (C=O) groups is 4. The topological polar surface area (TPSA) is 96.0 Å². The van der Waals surface area contributed by atoms with Crippen LogP contribution in [0.5, 0.6) is 0 Å². The average Bonchev–Trinajstić information content (AvgIpc) is 3.42. The van der Waals surface area contributed by atoms with E-state index in [9.17, 15) is 19.2 Å². The van der Waals surface area contributed by atoms with E-state index in [1.165, 1.54) is 0 Å². The monoisotopic (exact) mass is 461 g/mol. The molecule has 1 N–H and O–H groups in total. The Morgan fingerprint density at radius 1 is 1.28 bits per heavy atom. The number of ether oxygens (including phenoxy) is 1. The first-order chi connectivity index (χ1) is 15.1. The lowest BCUT2D eigenvalue weighted by Crippen LogP contribution is -2.54. The highest BCUT2D eigenvalue weighted by molar-refractivity contribution is 7.10. The molecular formula is C23H31N3O5S. The number of amides is 4. The normalized spacial score (nSPS) is 29.5. The van der Waals surface area contributed by atoms with Crippen molar-refractivity contribution < 1.29 is 23.9 Å². The van der Waals surface area contributed by atoms with Gasteiger partial charge in [-0.3, -0.25) is 19.3 Å². The van der Waals surface area contributed by atoms with Crippen LogP contribution in [0.25, 0.3) is 0 Å². The highest BCUT2D eigenvalue weighted by Gasteiger charge is 2.56. The molecular weight excluding hydrogens is 430 g/mol. The van der Waals surface area contributed by atoms with E-state index in [0.29, 0.717) is 19.4 Å². The predicted molar refractivity (Wildman–Crippen MR) is 119 cm³/mol. The molecule has 174 valence electrons. The van der Waals surface area contributed by atoms with E-state index in [4.69, 9.17) is 4.74 Å². The number of nitrogens with one attached hydrogen (secondary N) is 1. The predicted octanol–water partition coefficient (Wildman–Crippen LogP) is 3.09. The zero-order valence-corrected chi connectivity index (χ0v) is 19.7. The van der Waals surface area contributed by atoms with Gasteiger partial charge in [0.2, 0.25) is 0 Å². The largest absolute Gasteiger partial charge is 0.454 e. The van der Waals surface area contributed by atoms with Gasteiger partial charge in [0.05, 0.1) is 6.04 Å². The molecule has 1 spiro atoms. The second-order valence-corrected chi connectivity index (χ2v) is 11.2. The fourth-order valence-electron chi connectivity index (χ4n) is 5.89. The van der Waals surface area contributed by atoms with Gasteiger partial charge in [0.1, 0.15) is 12.1 Å². The number of thiophene rings is 1. The standard InChI is InChI=1S/C23H31N3O5S/c1-15-10-22(2,3)14-23(11-15)20(29)26(21(30)24-23)12-19(28)31-13-18(27)25-8-4-6-16(25)17-7-5-9-32-17/h5,7,9,15-16H,4,6,8,10-14H2,1-3H3,(H,24,30). The summed E-state index contributed by atoms with van der Waals surface area (Å²) in [7, 11) is 0. The number of likely N-dealkylation sites (tertiary alicyclic amines) is 1. The number of esters is 1. The third kappa shape index (κ3) is 4.40. The zero-order chi connectivity index (χ0) is 23.1. The van der Waals surface area contributed by atoms with Crippen LogP contribution in [0, 0.1) is 11.3 Å². The van der Waals surface area contributed by atoms with Gasteiger partial charge in [-0.05, 0) is 54.9 Å². The molecule has 1 aromatic rings. The summed E-state index contributed by atoms with van der Waals surface area (Å²) < 4.78 is 5.18. The maximum atomic E-state index is 13.1. The third-order valence-corrected chi connectivity index (χ3v) is 7.69. The molecule has 3 fully saturated rings. The molecule has 2 aliphatic heterocycles. The fraction of sp³-hybridized carbons (Fsp3) is 0.652. The van der Waals surface area contributed by atoms with E-state index in [2.05, 4.69) is 26.1 Å². The first-order valence-electron chi connectivity index (χ1n) is 11.2. The molecule has 3 atom stereocenters. The second-order valence-electron chi connectivity index (χ2n) is 10.2. The van der Waals surface area contributed by atoms with E-state index in [1.807, 2.05) is 17.5 Å². The smallest absolute Gasteiger partial charge is 0.326 e. The molecule has 8 nitrogen and oxygen atoms in total.